The van der Waals surface area contributed by atoms with Crippen LogP contribution in [0.1, 0.15) is 22.7 Å². The average molecular weight is 304 g/mol. The zero-order valence-corrected chi connectivity index (χ0v) is 13.3. The van der Waals surface area contributed by atoms with Gasteiger partial charge < -0.3 is 14.3 Å². The zero-order chi connectivity index (χ0) is 14.3. The highest BCUT2D eigenvalue weighted by atomic mass is 32.1. The third-order valence-electron chi connectivity index (χ3n) is 3.48. The molecular weight excluding hydrogens is 288 g/mol. The summed E-state index contributed by atoms with van der Waals surface area (Å²) in [6.07, 6.45) is 0. The summed E-state index contributed by atoms with van der Waals surface area (Å²) in [5.41, 5.74) is 2.11. The summed E-state index contributed by atoms with van der Waals surface area (Å²) in [7, 11) is 1.67. The third kappa shape index (κ3) is 2.17. The van der Waals surface area contributed by atoms with E-state index < -0.39 is 0 Å². The van der Waals surface area contributed by atoms with Crippen LogP contribution in [0.15, 0.2) is 30.3 Å². The summed E-state index contributed by atoms with van der Waals surface area (Å²) in [5.74, 6) is 0.834. The van der Waals surface area contributed by atoms with Gasteiger partial charge in [0, 0.05) is 15.8 Å². The fourth-order valence-corrected chi connectivity index (χ4v) is 3.71. The van der Waals surface area contributed by atoms with Crippen LogP contribution in [0.3, 0.4) is 0 Å². The Labute approximate surface area is 126 Å². The smallest absolute Gasteiger partial charge is 0.178 e. The predicted molar refractivity (Wildman–Crippen MR) is 86.5 cm³/mol. The Kier molecular flexibility index (Phi) is 3.40. The molecule has 3 rings (SSSR count). The van der Waals surface area contributed by atoms with E-state index in [4.69, 9.17) is 17.0 Å². The van der Waals surface area contributed by atoms with Crippen LogP contribution in [-0.2, 0) is 0 Å². The van der Waals surface area contributed by atoms with Crippen LogP contribution < -0.4 is 4.74 Å². The Morgan fingerprint density at radius 3 is 2.75 bits per heavy atom. The highest BCUT2D eigenvalue weighted by Gasteiger charge is 2.14. The summed E-state index contributed by atoms with van der Waals surface area (Å²) in [6.45, 7) is 4.30. The number of nitrogens with one attached hydrogen (secondary N) is 1. The molecule has 0 radical (unpaired) electrons. The number of aromatic amines is 1. The number of benzene rings is 1. The lowest BCUT2D eigenvalue weighted by molar-refractivity contribution is 0.415. The predicted octanol–water partition coefficient (Wildman–Crippen LogP) is 4.69. The maximum atomic E-state index is 5.49. The molecule has 1 atom stereocenters. The summed E-state index contributed by atoms with van der Waals surface area (Å²) in [5, 5.41) is 0. The largest absolute Gasteiger partial charge is 0.497 e. The van der Waals surface area contributed by atoms with Gasteiger partial charge in [-0.05, 0) is 50.3 Å². The van der Waals surface area contributed by atoms with E-state index in [-0.39, 0.29) is 6.04 Å². The second-order valence-electron chi connectivity index (χ2n) is 4.81. The number of rotatable bonds is 3. The molecule has 0 saturated carbocycles. The molecule has 0 bridgehead atoms. The van der Waals surface area contributed by atoms with Crippen molar-refractivity contribution in [2.24, 2.45) is 0 Å². The van der Waals surface area contributed by atoms with Crippen LogP contribution in [0.25, 0.3) is 11.0 Å². The average Bonchev–Trinajstić information content (AvgIpc) is 3.00. The Morgan fingerprint density at radius 2 is 2.10 bits per heavy atom. The van der Waals surface area contributed by atoms with Gasteiger partial charge in [0.15, 0.2) is 4.77 Å². The lowest BCUT2D eigenvalue weighted by Crippen LogP contribution is -2.04. The quantitative estimate of drug-likeness (QED) is 0.712. The second kappa shape index (κ2) is 5.07. The molecule has 1 unspecified atom stereocenters. The van der Waals surface area contributed by atoms with Crippen molar-refractivity contribution in [2.75, 3.05) is 7.11 Å². The highest BCUT2D eigenvalue weighted by molar-refractivity contribution is 7.71. The van der Waals surface area contributed by atoms with Gasteiger partial charge in [0.1, 0.15) is 5.75 Å². The molecule has 0 aliphatic rings. The molecule has 1 N–H and O–H groups in total. The van der Waals surface area contributed by atoms with Gasteiger partial charge in [0.2, 0.25) is 0 Å². The van der Waals surface area contributed by atoms with Gasteiger partial charge >= 0.3 is 0 Å². The molecule has 3 nitrogen and oxygen atoms in total. The van der Waals surface area contributed by atoms with E-state index in [1.54, 1.807) is 7.11 Å². The molecule has 2 aromatic heterocycles. The molecule has 104 valence electrons. The second-order valence-corrected chi connectivity index (χ2v) is 6.51. The van der Waals surface area contributed by atoms with Crippen molar-refractivity contribution in [3.63, 3.8) is 0 Å². The first-order chi connectivity index (χ1) is 9.60. The maximum Gasteiger partial charge on any atom is 0.178 e. The number of H-pyrrole nitrogens is 1. The summed E-state index contributed by atoms with van der Waals surface area (Å²) >= 11 is 7.30. The molecule has 20 heavy (non-hydrogen) atoms. The van der Waals surface area contributed by atoms with Gasteiger partial charge in [-0.1, -0.05) is 0 Å². The first-order valence-corrected chi connectivity index (χ1v) is 7.67. The minimum absolute atomic E-state index is 0.225. The molecule has 0 aliphatic heterocycles. The number of aromatic nitrogens is 2. The lowest BCUT2D eigenvalue weighted by Gasteiger charge is -2.13. The fraction of sp³-hybridized carbons (Fsp3) is 0.267. The highest BCUT2D eigenvalue weighted by Crippen LogP contribution is 2.30. The van der Waals surface area contributed by atoms with Crippen molar-refractivity contribution in [1.29, 1.82) is 0 Å². The van der Waals surface area contributed by atoms with Gasteiger partial charge in [-0.3, -0.25) is 0 Å². The molecule has 0 saturated heterocycles. The molecule has 2 heterocycles. The summed E-state index contributed by atoms with van der Waals surface area (Å²) < 4.78 is 8.16. The minimum Gasteiger partial charge on any atom is -0.497 e. The topological polar surface area (TPSA) is 29.9 Å². The number of methoxy groups -OCH3 is 1. The van der Waals surface area contributed by atoms with E-state index in [2.05, 4.69) is 41.6 Å². The first kappa shape index (κ1) is 13.4. The normalized spacial score (nSPS) is 12.8. The van der Waals surface area contributed by atoms with E-state index in [0.717, 1.165) is 21.6 Å². The van der Waals surface area contributed by atoms with Crippen molar-refractivity contribution < 1.29 is 4.74 Å². The van der Waals surface area contributed by atoms with Crippen LogP contribution >= 0.6 is 23.6 Å². The van der Waals surface area contributed by atoms with E-state index in [1.165, 1.54) is 9.75 Å². The monoisotopic (exact) mass is 304 g/mol. The Hall–Kier alpha value is -1.59. The molecule has 0 amide bonds. The standard InChI is InChI=1S/C15H16N2OS2/c1-9-4-7-14(20-9)10(2)17-13-6-5-11(18-3)8-12(13)16-15(17)19/h4-8,10H,1-3H3,(H,16,19). The molecule has 0 spiro atoms. The van der Waals surface area contributed by atoms with E-state index in [0.29, 0.717) is 0 Å². The number of ether oxygens (including phenoxy) is 1. The van der Waals surface area contributed by atoms with Crippen LogP contribution in [0.5, 0.6) is 5.75 Å². The fourth-order valence-electron chi connectivity index (χ4n) is 2.43. The van der Waals surface area contributed by atoms with Gasteiger partial charge in [-0.2, -0.15) is 0 Å². The van der Waals surface area contributed by atoms with Crippen LogP contribution in [-0.4, -0.2) is 16.7 Å². The number of fused-ring (bicyclic) bond motifs is 1. The molecule has 1 aromatic carbocycles. The summed E-state index contributed by atoms with van der Waals surface area (Å²) in [6, 6.07) is 10.6. The molecule has 0 aliphatic carbocycles. The number of hydrogen-bond donors (Lipinski definition) is 1. The van der Waals surface area contributed by atoms with Crippen molar-refractivity contribution in [1.82, 2.24) is 9.55 Å². The Morgan fingerprint density at radius 1 is 1.30 bits per heavy atom. The minimum atomic E-state index is 0.225. The number of thiophene rings is 1. The number of imidazole rings is 1. The third-order valence-corrected chi connectivity index (χ3v) is 4.95. The molecule has 5 heteroatoms. The van der Waals surface area contributed by atoms with Crippen molar-refractivity contribution in [3.05, 3.63) is 44.9 Å². The van der Waals surface area contributed by atoms with E-state index in [1.807, 2.05) is 23.5 Å². The van der Waals surface area contributed by atoms with Crippen molar-refractivity contribution in [3.8, 4) is 5.75 Å². The maximum absolute atomic E-state index is 5.49. The van der Waals surface area contributed by atoms with Gasteiger partial charge in [0.05, 0.1) is 24.2 Å². The Balaban J connectivity index is 2.16. The number of nitrogens with zero attached hydrogens (tertiary/aromatic N) is 1. The van der Waals surface area contributed by atoms with Gasteiger partial charge in [0.25, 0.3) is 0 Å². The van der Waals surface area contributed by atoms with Gasteiger partial charge in [-0.25, -0.2) is 0 Å². The lowest BCUT2D eigenvalue weighted by atomic mass is 10.2. The molecular formula is C15H16N2OS2. The number of aryl methyl sites for hydroxylation is 1. The summed E-state index contributed by atoms with van der Waals surface area (Å²) in [4.78, 5) is 5.90. The van der Waals surface area contributed by atoms with E-state index in [9.17, 15) is 0 Å². The van der Waals surface area contributed by atoms with Crippen LogP contribution in [0, 0.1) is 11.7 Å². The van der Waals surface area contributed by atoms with Crippen LogP contribution in [0.2, 0.25) is 0 Å². The Bertz CT molecular complexity index is 813. The van der Waals surface area contributed by atoms with Crippen molar-refractivity contribution >= 4 is 34.6 Å². The molecule has 3 aromatic rings. The van der Waals surface area contributed by atoms with E-state index >= 15 is 0 Å². The zero-order valence-electron chi connectivity index (χ0n) is 11.6. The van der Waals surface area contributed by atoms with Gasteiger partial charge in [-0.15, -0.1) is 11.3 Å². The first-order valence-electron chi connectivity index (χ1n) is 6.44. The van der Waals surface area contributed by atoms with Crippen molar-refractivity contribution in [2.45, 2.75) is 19.9 Å². The SMILES string of the molecule is COc1ccc2c(c1)[nH]c(=S)n2C(C)c1ccc(C)s1. The number of hydrogen-bond acceptors (Lipinski definition) is 3. The van der Waals surface area contributed by atoms with Crippen LogP contribution in [0.4, 0.5) is 0 Å². The molecule has 0 fully saturated rings.